The van der Waals surface area contributed by atoms with E-state index in [1.165, 1.54) is 6.07 Å². The van der Waals surface area contributed by atoms with Crippen LogP contribution in [0, 0.1) is 5.82 Å². The summed E-state index contributed by atoms with van der Waals surface area (Å²) in [6, 6.07) is 10.1. The summed E-state index contributed by atoms with van der Waals surface area (Å²) in [4.78, 5) is 4.23. The van der Waals surface area contributed by atoms with E-state index in [1.54, 1.807) is 24.3 Å². The van der Waals surface area contributed by atoms with Gasteiger partial charge in [-0.3, -0.25) is 0 Å². The van der Waals surface area contributed by atoms with Crippen LogP contribution in [0.1, 0.15) is 31.7 Å². The Labute approximate surface area is 121 Å². The minimum absolute atomic E-state index is 0.264. The highest BCUT2D eigenvalue weighted by Crippen LogP contribution is 2.30. The molecule has 0 radical (unpaired) electrons. The van der Waals surface area contributed by atoms with Crippen LogP contribution in [0.15, 0.2) is 40.9 Å². The smallest absolute Gasteiger partial charge is 0.258 e. The van der Waals surface area contributed by atoms with Gasteiger partial charge in [0, 0.05) is 10.9 Å². The third-order valence-electron chi connectivity index (χ3n) is 3.40. The van der Waals surface area contributed by atoms with Crippen molar-refractivity contribution in [2.24, 2.45) is 0 Å². The number of aromatic nitrogens is 2. The highest BCUT2D eigenvalue weighted by Gasteiger charge is 2.17. The summed E-state index contributed by atoms with van der Waals surface area (Å²) >= 11 is 0. The van der Waals surface area contributed by atoms with Crippen LogP contribution in [0.3, 0.4) is 0 Å². The highest BCUT2D eigenvalue weighted by atomic mass is 19.1. The zero-order chi connectivity index (χ0) is 14.8. The Bertz CT molecular complexity index is 770. The first-order valence-corrected chi connectivity index (χ1v) is 6.90. The van der Waals surface area contributed by atoms with Crippen LogP contribution in [0.4, 0.5) is 4.39 Å². The first-order valence-electron chi connectivity index (χ1n) is 6.90. The number of halogens is 1. The quantitative estimate of drug-likeness (QED) is 0.791. The van der Waals surface area contributed by atoms with Gasteiger partial charge in [0.2, 0.25) is 5.82 Å². The average molecular weight is 286 g/mol. The number of hydrogen-bond donors (Lipinski definition) is 1. The van der Waals surface area contributed by atoms with Crippen molar-refractivity contribution in [2.45, 2.75) is 25.9 Å². The van der Waals surface area contributed by atoms with Gasteiger partial charge in [-0.05, 0) is 23.9 Å². The van der Waals surface area contributed by atoms with E-state index in [0.29, 0.717) is 22.8 Å². The van der Waals surface area contributed by atoms with Crippen LogP contribution in [-0.2, 0) is 0 Å². The monoisotopic (exact) mass is 286 g/mol. The van der Waals surface area contributed by atoms with Gasteiger partial charge in [0.25, 0.3) is 5.89 Å². The van der Waals surface area contributed by atoms with Crippen molar-refractivity contribution in [3.05, 3.63) is 48.0 Å². The van der Waals surface area contributed by atoms with E-state index < -0.39 is 6.10 Å². The van der Waals surface area contributed by atoms with E-state index in [0.717, 1.165) is 6.42 Å². The van der Waals surface area contributed by atoms with E-state index in [9.17, 15) is 9.50 Å². The molecule has 0 saturated carbocycles. The van der Waals surface area contributed by atoms with Gasteiger partial charge in [-0.15, -0.1) is 0 Å². The van der Waals surface area contributed by atoms with Gasteiger partial charge in [0.15, 0.2) is 0 Å². The van der Waals surface area contributed by atoms with Crippen molar-refractivity contribution in [3.63, 3.8) is 0 Å². The summed E-state index contributed by atoms with van der Waals surface area (Å²) in [5, 5.41) is 14.9. The lowest BCUT2D eigenvalue weighted by molar-refractivity contribution is 0.153. The lowest BCUT2D eigenvalue weighted by Gasteiger charge is -2.03. The topological polar surface area (TPSA) is 59.2 Å². The van der Waals surface area contributed by atoms with Crippen LogP contribution in [0.2, 0.25) is 0 Å². The molecule has 2 aromatic carbocycles. The van der Waals surface area contributed by atoms with Gasteiger partial charge in [-0.25, -0.2) is 4.39 Å². The first-order chi connectivity index (χ1) is 10.2. The molecule has 0 bridgehead atoms. The maximum absolute atomic E-state index is 13.8. The second kappa shape index (κ2) is 5.61. The number of nitrogens with zero attached hydrogens (tertiary/aromatic N) is 2. The van der Waals surface area contributed by atoms with Crippen LogP contribution < -0.4 is 0 Å². The fraction of sp³-hybridized carbons (Fsp3) is 0.250. The maximum Gasteiger partial charge on any atom is 0.258 e. The zero-order valence-corrected chi connectivity index (χ0v) is 11.6. The second-order valence-electron chi connectivity index (χ2n) is 4.90. The molecule has 5 heteroatoms. The van der Waals surface area contributed by atoms with E-state index in [2.05, 4.69) is 10.1 Å². The molecular weight excluding hydrogens is 271 g/mol. The molecule has 1 aromatic heterocycles. The first kappa shape index (κ1) is 13.7. The second-order valence-corrected chi connectivity index (χ2v) is 4.90. The predicted octanol–water partition coefficient (Wildman–Crippen LogP) is 3.86. The van der Waals surface area contributed by atoms with E-state index >= 15 is 0 Å². The third kappa shape index (κ3) is 2.52. The van der Waals surface area contributed by atoms with E-state index in [4.69, 9.17) is 4.52 Å². The number of rotatable bonds is 4. The van der Waals surface area contributed by atoms with Crippen molar-refractivity contribution in [1.82, 2.24) is 10.1 Å². The molecule has 1 atom stereocenters. The molecule has 0 aliphatic rings. The molecule has 1 heterocycles. The van der Waals surface area contributed by atoms with E-state index in [1.807, 2.05) is 13.0 Å². The lowest BCUT2D eigenvalue weighted by Crippen LogP contribution is -1.98. The molecule has 0 aliphatic heterocycles. The number of hydrogen-bond acceptors (Lipinski definition) is 4. The Balaban J connectivity index is 2.07. The normalized spacial score (nSPS) is 12.7. The maximum atomic E-state index is 13.8. The van der Waals surface area contributed by atoms with E-state index in [-0.39, 0.29) is 17.5 Å². The molecule has 0 amide bonds. The molecule has 1 unspecified atom stereocenters. The Hall–Kier alpha value is -2.27. The summed E-state index contributed by atoms with van der Waals surface area (Å²) in [7, 11) is 0. The van der Waals surface area contributed by atoms with Crippen molar-refractivity contribution < 1.29 is 14.0 Å². The van der Waals surface area contributed by atoms with Crippen molar-refractivity contribution in [3.8, 4) is 11.5 Å². The van der Waals surface area contributed by atoms with Gasteiger partial charge >= 0.3 is 0 Å². The fourth-order valence-corrected chi connectivity index (χ4v) is 2.33. The lowest BCUT2D eigenvalue weighted by atomic mass is 10.0. The molecular formula is C16H15FN2O2. The van der Waals surface area contributed by atoms with Gasteiger partial charge in [0.05, 0.1) is 0 Å². The molecule has 21 heavy (non-hydrogen) atoms. The molecule has 3 aromatic rings. The number of fused-ring (bicyclic) bond motifs is 1. The number of aliphatic hydroxyl groups is 1. The van der Waals surface area contributed by atoms with Crippen molar-refractivity contribution in [1.29, 1.82) is 0 Å². The molecule has 108 valence electrons. The summed E-state index contributed by atoms with van der Waals surface area (Å²) in [5.41, 5.74) is 0.662. The molecule has 0 saturated heterocycles. The zero-order valence-electron chi connectivity index (χ0n) is 11.6. The SMILES string of the molecule is CCCC(O)c1noc(-c2ccc(F)c3ccccc23)n1. The Kier molecular flexibility index (Phi) is 3.66. The minimum atomic E-state index is -0.737. The molecule has 0 aliphatic carbocycles. The highest BCUT2D eigenvalue weighted by molar-refractivity contribution is 5.95. The molecule has 1 N–H and O–H groups in total. The van der Waals surface area contributed by atoms with Gasteiger partial charge < -0.3 is 9.63 Å². The van der Waals surface area contributed by atoms with Gasteiger partial charge in [0.1, 0.15) is 11.9 Å². The van der Waals surface area contributed by atoms with Crippen molar-refractivity contribution in [2.75, 3.05) is 0 Å². The fourth-order valence-electron chi connectivity index (χ4n) is 2.33. The average Bonchev–Trinajstić information content (AvgIpc) is 2.98. The molecule has 0 spiro atoms. The third-order valence-corrected chi connectivity index (χ3v) is 3.40. The van der Waals surface area contributed by atoms with Crippen LogP contribution in [0.5, 0.6) is 0 Å². The Morgan fingerprint density at radius 1 is 1.19 bits per heavy atom. The standard InChI is InChI=1S/C16H15FN2O2/c1-2-5-14(20)15-18-16(21-19-15)12-8-9-13(17)11-7-4-3-6-10(11)12/h3-4,6-9,14,20H,2,5H2,1H3. The molecule has 0 fully saturated rings. The van der Waals surface area contributed by atoms with Gasteiger partial charge in [-0.1, -0.05) is 42.8 Å². The molecule has 4 nitrogen and oxygen atoms in total. The number of aliphatic hydroxyl groups excluding tert-OH is 1. The summed E-state index contributed by atoms with van der Waals surface area (Å²) in [6.07, 6.45) is 0.660. The Morgan fingerprint density at radius 3 is 2.71 bits per heavy atom. The van der Waals surface area contributed by atoms with Crippen LogP contribution in [0.25, 0.3) is 22.2 Å². The largest absolute Gasteiger partial charge is 0.385 e. The summed E-state index contributed by atoms with van der Waals surface area (Å²) in [5.74, 6) is 0.261. The minimum Gasteiger partial charge on any atom is -0.385 e. The number of benzene rings is 2. The summed E-state index contributed by atoms with van der Waals surface area (Å²) < 4.78 is 19.0. The van der Waals surface area contributed by atoms with Gasteiger partial charge in [-0.2, -0.15) is 4.98 Å². The predicted molar refractivity (Wildman–Crippen MR) is 77.1 cm³/mol. The van der Waals surface area contributed by atoms with Crippen LogP contribution >= 0.6 is 0 Å². The Morgan fingerprint density at radius 2 is 1.95 bits per heavy atom. The van der Waals surface area contributed by atoms with Crippen LogP contribution in [-0.4, -0.2) is 15.2 Å². The molecule has 3 rings (SSSR count). The summed E-state index contributed by atoms with van der Waals surface area (Å²) in [6.45, 7) is 1.97. The van der Waals surface area contributed by atoms with Crippen molar-refractivity contribution >= 4 is 10.8 Å².